The van der Waals surface area contributed by atoms with Gasteiger partial charge in [-0.3, -0.25) is 9.69 Å². The van der Waals surface area contributed by atoms with E-state index < -0.39 is 6.23 Å². The molecule has 2 atom stereocenters. The lowest BCUT2D eigenvalue weighted by Gasteiger charge is -2.39. The lowest BCUT2D eigenvalue weighted by atomic mass is 10.0. The molecule has 5 heteroatoms. The van der Waals surface area contributed by atoms with Crippen LogP contribution >= 0.6 is 15.9 Å². The molecule has 0 radical (unpaired) electrons. The Bertz CT molecular complexity index is 665. The van der Waals surface area contributed by atoms with Crippen molar-refractivity contribution in [2.75, 3.05) is 19.6 Å². The number of carbonyl (C=O) groups is 1. The number of ether oxygens (including phenoxy) is 1. The van der Waals surface area contributed by atoms with E-state index in [2.05, 4.69) is 38.3 Å². The molecule has 1 saturated heterocycles. The Hall–Kier alpha value is -1.69. The van der Waals surface area contributed by atoms with E-state index in [0.29, 0.717) is 5.75 Å². The van der Waals surface area contributed by atoms with Crippen molar-refractivity contribution in [2.24, 2.45) is 0 Å². The van der Waals surface area contributed by atoms with Gasteiger partial charge in [-0.1, -0.05) is 42.5 Å². The number of nitrogens with one attached hydrogen (secondary N) is 1. The van der Waals surface area contributed by atoms with Gasteiger partial charge in [0.15, 0.2) is 6.29 Å². The highest BCUT2D eigenvalue weighted by atomic mass is 79.9. The van der Waals surface area contributed by atoms with Crippen LogP contribution in [0.5, 0.6) is 5.75 Å². The summed E-state index contributed by atoms with van der Waals surface area (Å²) in [7, 11) is 0. The number of para-hydroxylation sites is 1. The Morgan fingerprint density at radius 2 is 1.96 bits per heavy atom. The van der Waals surface area contributed by atoms with Crippen LogP contribution in [0.15, 0.2) is 59.1 Å². The second-order valence-electron chi connectivity index (χ2n) is 5.86. The van der Waals surface area contributed by atoms with Crippen molar-refractivity contribution < 1.29 is 9.53 Å². The first-order valence-electron chi connectivity index (χ1n) is 8.15. The normalized spacial score (nSPS) is 19.6. The van der Waals surface area contributed by atoms with Crippen molar-refractivity contribution in [2.45, 2.75) is 18.7 Å². The first-order chi connectivity index (χ1) is 11.8. The average molecular weight is 389 g/mol. The highest BCUT2D eigenvalue weighted by Crippen LogP contribution is 2.26. The van der Waals surface area contributed by atoms with Gasteiger partial charge in [-0.05, 0) is 40.0 Å². The molecule has 126 valence electrons. The molecule has 3 rings (SSSR count). The number of aldehydes is 1. The number of rotatable bonds is 6. The quantitative estimate of drug-likeness (QED) is 0.772. The summed E-state index contributed by atoms with van der Waals surface area (Å²) in [6, 6.07) is 18.2. The third-order valence-corrected chi connectivity index (χ3v) is 4.89. The van der Waals surface area contributed by atoms with Crippen LogP contribution in [0.3, 0.4) is 0 Å². The van der Waals surface area contributed by atoms with E-state index in [1.54, 1.807) is 0 Å². The number of hydrogen-bond acceptors (Lipinski definition) is 4. The summed E-state index contributed by atoms with van der Waals surface area (Å²) in [4.78, 5) is 13.9. The zero-order valence-corrected chi connectivity index (χ0v) is 15.0. The lowest BCUT2D eigenvalue weighted by molar-refractivity contribution is -0.124. The molecule has 1 fully saturated rings. The van der Waals surface area contributed by atoms with Crippen LogP contribution in [0.1, 0.15) is 5.56 Å². The Kier molecular flexibility index (Phi) is 6.01. The van der Waals surface area contributed by atoms with Gasteiger partial charge >= 0.3 is 0 Å². The zero-order valence-electron chi connectivity index (χ0n) is 13.4. The molecular weight excluding hydrogens is 368 g/mol. The number of benzene rings is 2. The predicted octanol–water partition coefficient (Wildman–Crippen LogP) is 2.87. The third-order valence-electron chi connectivity index (χ3n) is 4.24. The van der Waals surface area contributed by atoms with Gasteiger partial charge in [-0.2, -0.15) is 0 Å². The molecule has 1 aliphatic heterocycles. The fraction of sp³-hybridized carbons (Fsp3) is 0.316. The maximum absolute atomic E-state index is 11.7. The first-order valence-corrected chi connectivity index (χ1v) is 8.94. The number of nitrogens with zero attached hydrogens (tertiary/aromatic N) is 1. The highest BCUT2D eigenvalue weighted by molar-refractivity contribution is 9.10. The van der Waals surface area contributed by atoms with Crippen LogP contribution in [-0.2, 0) is 11.2 Å². The van der Waals surface area contributed by atoms with Gasteiger partial charge in [-0.25, -0.2) is 0 Å². The summed E-state index contributed by atoms with van der Waals surface area (Å²) in [5, 5.41) is 3.42. The van der Waals surface area contributed by atoms with Crippen LogP contribution in [0.2, 0.25) is 0 Å². The van der Waals surface area contributed by atoms with E-state index in [1.807, 2.05) is 42.5 Å². The summed E-state index contributed by atoms with van der Waals surface area (Å²) < 4.78 is 6.84. The molecule has 4 nitrogen and oxygen atoms in total. The van der Waals surface area contributed by atoms with Crippen LogP contribution in [0.4, 0.5) is 0 Å². The SMILES string of the molecule is O=C[C@@H](Oc1ccccc1Br)N1CCNCC1Cc1ccccc1. The molecule has 2 aromatic carbocycles. The van der Waals surface area contributed by atoms with Crippen molar-refractivity contribution in [1.82, 2.24) is 10.2 Å². The van der Waals surface area contributed by atoms with E-state index in [0.717, 1.165) is 36.8 Å². The van der Waals surface area contributed by atoms with Crippen LogP contribution < -0.4 is 10.1 Å². The van der Waals surface area contributed by atoms with Gasteiger partial charge in [0, 0.05) is 25.7 Å². The van der Waals surface area contributed by atoms with Gasteiger partial charge in [0.05, 0.1) is 4.47 Å². The maximum atomic E-state index is 11.7. The monoisotopic (exact) mass is 388 g/mol. The van der Waals surface area contributed by atoms with Gasteiger partial charge in [0.2, 0.25) is 6.23 Å². The number of hydrogen-bond donors (Lipinski definition) is 1. The van der Waals surface area contributed by atoms with E-state index in [4.69, 9.17) is 4.74 Å². The van der Waals surface area contributed by atoms with Gasteiger partial charge < -0.3 is 10.1 Å². The zero-order chi connectivity index (χ0) is 16.8. The van der Waals surface area contributed by atoms with Crippen LogP contribution in [0.25, 0.3) is 0 Å². The van der Waals surface area contributed by atoms with Crippen molar-refractivity contribution in [1.29, 1.82) is 0 Å². The molecule has 1 heterocycles. The van der Waals surface area contributed by atoms with E-state index in [9.17, 15) is 4.79 Å². The third kappa shape index (κ3) is 4.23. The van der Waals surface area contributed by atoms with Crippen LogP contribution in [0, 0.1) is 0 Å². The summed E-state index contributed by atoms with van der Waals surface area (Å²) >= 11 is 3.48. The number of piperazine rings is 1. The topological polar surface area (TPSA) is 41.6 Å². The minimum absolute atomic E-state index is 0.221. The number of carbonyl (C=O) groups excluding carboxylic acids is 1. The largest absolute Gasteiger partial charge is 0.467 e. The van der Waals surface area contributed by atoms with E-state index >= 15 is 0 Å². The second-order valence-corrected chi connectivity index (χ2v) is 6.71. The summed E-state index contributed by atoms with van der Waals surface area (Å²) in [5.74, 6) is 0.687. The number of halogens is 1. The summed E-state index contributed by atoms with van der Waals surface area (Å²) in [5.41, 5.74) is 1.27. The fourth-order valence-electron chi connectivity index (χ4n) is 3.03. The van der Waals surface area contributed by atoms with E-state index in [-0.39, 0.29) is 6.04 Å². The van der Waals surface area contributed by atoms with Gasteiger partial charge in [-0.15, -0.1) is 0 Å². The summed E-state index contributed by atoms with van der Waals surface area (Å²) in [6.07, 6.45) is 1.19. The highest BCUT2D eigenvalue weighted by Gasteiger charge is 2.30. The molecule has 1 aliphatic rings. The second kappa shape index (κ2) is 8.42. The molecule has 24 heavy (non-hydrogen) atoms. The first kappa shape index (κ1) is 17.1. The minimum atomic E-state index is -0.584. The molecule has 0 spiro atoms. The Balaban J connectivity index is 1.75. The van der Waals surface area contributed by atoms with Gasteiger partial charge in [0.1, 0.15) is 5.75 Å². The molecule has 0 saturated carbocycles. The summed E-state index contributed by atoms with van der Waals surface area (Å²) in [6.45, 7) is 2.48. The van der Waals surface area contributed by atoms with Crippen molar-refractivity contribution >= 4 is 22.2 Å². The minimum Gasteiger partial charge on any atom is -0.467 e. The molecule has 0 bridgehead atoms. The fourth-order valence-corrected chi connectivity index (χ4v) is 3.41. The molecule has 0 aromatic heterocycles. The van der Waals surface area contributed by atoms with Crippen molar-refractivity contribution in [3.8, 4) is 5.75 Å². The smallest absolute Gasteiger partial charge is 0.209 e. The van der Waals surface area contributed by atoms with Crippen molar-refractivity contribution in [3.63, 3.8) is 0 Å². The molecule has 0 amide bonds. The molecule has 2 aromatic rings. The molecular formula is C19H21BrN2O2. The molecule has 1 unspecified atom stereocenters. The average Bonchev–Trinajstić information content (AvgIpc) is 2.63. The van der Waals surface area contributed by atoms with E-state index in [1.165, 1.54) is 5.56 Å². The Morgan fingerprint density at radius 1 is 1.21 bits per heavy atom. The van der Waals surface area contributed by atoms with Crippen molar-refractivity contribution in [3.05, 3.63) is 64.6 Å². The standard InChI is InChI=1S/C19H21BrN2O2/c20-17-8-4-5-9-18(17)24-19(14-23)22-11-10-21-13-16(22)12-15-6-2-1-3-7-15/h1-9,14,16,19,21H,10-13H2/t16?,19-/m1/s1. The predicted molar refractivity (Wildman–Crippen MR) is 98.1 cm³/mol. The Labute approximate surface area is 150 Å². The Morgan fingerprint density at radius 3 is 2.71 bits per heavy atom. The molecule has 1 N–H and O–H groups in total. The molecule has 0 aliphatic carbocycles. The van der Waals surface area contributed by atoms with Gasteiger partial charge in [0.25, 0.3) is 0 Å². The van der Waals surface area contributed by atoms with Crippen LogP contribution in [-0.4, -0.2) is 43.1 Å². The lowest BCUT2D eigenvalue weighted by Crippen LogP contribution is -2.58. The maximum Gasteiger partial charge on any atom is 0.209 e.